The van der Waals surface area contributed by atoms with Gasteiger partial charge in [0.15, 0.2) is 5.43 Å². The standard InChI is InChI=1S/C28H25NO3/c1-18(2)20-12-14-21(15-13-20)25-24-26(30)22-10-6-7-11-23(22)32-27(24)28(31)29(25)17-16-19-8-4-3-5-9-19/h3-15,18,25H,16-17H2,1-2H3/t25-/m1/s1. The lowest BCUT2D eigenvalue weighted by molar-refractivity contribution is 0.0730. The summed E-state index contributed by atoms with van der Waals surface area (Å²) in [6.07, 6.45) is 0.703. The maximum Gasteiger partial charge on any atom is 0.290 e. The molecule has 4 aromatic rings. The highest BCUT2D eigenvalue weighted by atomic mass is 16.3. The molecule has 0 unspecified atom stereocenters. The van der Waals surface area contributed by atoms with Gasteiger partial charge in [-0.1, -0.05) is 80.6 Å². The van der Waals surface area contributed by atoms with Crippen molar-refractivity contribution >= 4 is 16.9 Å². The average molecular weight is 424 g/mol. The van der Waals surface area contributed by atoms with Crippen LogP contribution in [0.3, 0.4) is 0 Å². The Balaban J connectivity index is 1.63. The molecule has 0 N–H and O–H groups in total. The number of fused-ring (bicyclic) bond motifs is 2. The molecule has 4 nitrogen and oxygen atoms in total. The molecule has 0 radical (unpaired) electrons. The molecule has 0 saturated carbocycles. The van der Waals surface area contributed by atoms with E-state index in [0.29, 0.717) is 35.4 Å². The smallest absolute Gasteiger partial charge is 0.290 e. The van der Waals surface area contributed by atoms with Gasteiger partial charge in [0.05, 0.1) is 17.0 Å². The second kappa shape index (κ2) is 8.12. The Morgan fingerprint density at radius 2 is 1.56 bits per heavy atom. The molecule has 5 rings (SSSR count). The van der Waals surface area contributed by atoms with Gasteiger partial charge in [0.25, 0.3) is 5.91 Å². The van der Waals surface area contributed by atoms with Gasteiger partial charge in [-0.2, -0.15) is 0 Å². The average Bonchev–Trinajstić information content (AvgIpc) is 3.10. The molecule has 3 aromatic carbocycles. The summed E-state index contributed by atoms with van der Waals surface area (Å²) in [5.41, 5.74) is 4.06. The van der Waals surface area contributed by atoms with Crippen LogP contribution in [-0.2, 0) is 6.42 Å². The normalized spacial score (nSPS) is 15.5. The predicted octanol–water partition coefficient (Wildman–Crippen LogP) is 5.70. The minimum absolute atomic E-state index is 0.129. The Bertz CT molecular complexity index is 1340. The van der Waals surface area contributed by atoms with Crippen molar-refractivity contribution in [1.82, 2.24) is 4.90 Å². The largest absolute Gasteiger partial charge is 0.450 e. The van der Waals surface area contributed by atoms with Crippen LogP contribution in [0.15, 0.2) is 88.1 Å². The second-order valence-electron chi connectivity index (χ2n) is 8.63. The number of carbonyl (C=O) groups is 1. The Kier molecular flexibility index (Phi) is 5.14. The van der Waals surface area contributed by atoms with Crippen molar-refractivity contribution in [1.29, 1.82) is 0 Å². The number of hydrogen-bond donors (Lipinski definition) is 0. The highest BCUT2D eigenvalue weighted by molar-refractivity contribution is 5.99. The van der Waals surface area contributed by atoms with Gasteiger partial charge in [-0.05, 0) is 41.2 Å². The molecule has 0 spiro atoms. The van der Waals surface area contributed by atoms with E-state index in [1.165, 1.54) is 5.56 Å². The van der Waals surface area contributed by atoms with E-state index in [2.05, 4.69) is 38.1 Å². The van der Waals surface area contributed by atoms with Crippen LogP contribution >= 0.6 is 0 Å². The van der Waals surface area contributed by atoms with Crippen molar-refractivity contribution in [3.63, 3.8) is 0 Å². The lowest BCUT2D eigenvalue weighted by Crippen LogP contribution is -2.31. The zero-order chi connectivity index (χ0) is 22.2. The van der Waals surface area contributed by atoms with Crippen LogP contribution in [0.25, 0.3) is 11.0 Å². The maximum atomic E-state index is 13.5. The summed E-state index contributed by atoms with van der Waals surface area (Å²) < 4.78 is 6.00. The number of rotatable bonds is 5. The third-order valence-electron chi connectivity index (χ3n) is 6.28. The van der Waals surface area contributed by atoms with Crippen LogP contribution in [0.4, 0.5) is 0 Å². The van der Waals surface area contributed by atoms with Gasteiger partial charge in [0.1, 0.15) is 5.58 Å². The molecule has 1 aliphatic heterocycles. The van der Waals surface area contributed by atoms with Crippen molar-refractivity contribution < 1.29 is 9.21 Å². The van der Waals surface area contributed by atoms with E-state index >= 15 is 0 Å². The monoisotopic (exact) mass is 423 g/mol. The van der Waals surface area contributed by atoms with Crippen molar-refractivity contribution in [2.75, 3.05) is 6.54 Å². The van der Waals surface area contributed by atoms with Crippen molar-refractivity contribution in [3.8, 4) is 0 Å². The number of carbonyl (C=O) groups excluding carboxylic acids is 1. The molecule has 32 heavy (non-hydrogen) atoms. The Hall–Kier alpha value is -3.66. The van der Waals surface area contributed by atoms with Crippen LogP contribution < -0.4 is 5.43 Å². The van der Waals surface area contributed by atoms with E-state index in [1.807, 2.05) is 42.5 Å². The fourth-order valence-electron chi connectivity index (χ4n) is 4.50. The Labute approximate surface area is 187 Å². The number of hydrogen-bond acceptors (Lipinski definition) is 3. The fourth-order valence-corrected chi connectivity index (χ4v) is 4.50. The maximum absolute atomic E-state index is 13.5. The van der Waals surface area contributed by atoms with Gasteiger partial charge in [-0.25, -0.2) is 0 Å². The molecule has 1 atom stereocenters. The summed E-state index contributed by atoms with van der Waals surface area (Å²) in [6.45, 7) is 4.80. The van der Waals surface area contributed by atoms with Crippen molar-refractivity contribution in [2.24, 2.45) is 0 Å². The van der Waals surface area contributed by atoms with E-state index in [1.54, 1.807) is 17.0 Å². The summed E-state index contributed by atoms with van der Waals surface area (Å²) in [6, 6.07) is 25.0. The second-order valence-corrected chi connectivity index (χ2v) is 8.63. The van der Waals surface area contributed by atoms with E-state index < -0.39 is 6.04 Å². The molecule has 1 amide bonds. The van der Waals surface area contributed by atoms with Crippen molar-refractivity contribution in [3.05, 3.63) is 117 Å². The predicted molar refractivity (Wildman–Crippen MR) is 126 cm³/mol. The fraction of sp³-hybridized carbons (Fsp3) is 0.214. The lowest BCUT2D eigenvalue weighted by atomic mass is 9.95. The number of benzene rings is 3. The van der Waals surface area contributed by atoms with E-state index in [0.717, 1.165) is 11.1 Å². The van der Waals surface area contributed by atoms with E-state index in [9.17, 15) is 9.59 Å². The van der Waals surface area contributed by atoms with Gasteiger partial charge >= 0.3 is 0 Å². The molecule has 0 aliphatic carbocycles. The molecule has 1 aliphatic rings. The summed E-state index contributed by atoms with van der Waals surface area (Å²) in [5, 5.41) is 0.507. The highest BCUT2D eigenvalue weighted by Gasteiger charge is 2.42. The zero-order valence-electron chi connectivity index (χ0n) is 18.2. The third kappa shape index (κ3) is 3.42. The minimum atomic E-state index is -0.455. The van der Waals surface area contributed by atoms with Gasteiger partial charge < -0.3 is 9.32 Å². The molecule has 0 bridgehead atoms. The van der Waals surface area contributed by atoms with E-state index in [4.69, 9.17) is 4.42 Å². The van der Waals surface area contributed by atoms with Gasteiger partial charge in [-0.3, -0.25) is 9.59 Å². The third-order valence-corrected chi connectivity index (χ3v) is 6.28. The Morgan fingerprint density at radius 3 is 2.28 bits per heavy atom. The summed E-state index contributed by atoms with van der Waals surface area (Å²) >= 11 is 0. The SMILES string of the molecule is CC(C)c1ccc([C@@H]2c3c(oc4ccccc4c3=O)C(=O)N2CCc2ccccc2)cc1. The Morgan fingerprint density at radius 1 is 0.875 bits per heavy atom. The number of para-hydroxylation sites is 1. The van der Waals surface area contributed by atoms with Gasteiger partial charge in [-0.15, -0.1) is 0 Å². The molecule has 0 fully saturated rings. The van der Waals surface area contributed by atoms with Crippen LogP contribution in [0, 0.1) is 0 Å². The topological polar surface area (TPSA) is 50.5 Å². The molecular formula is C28H25NO3. The molecular weight excluding hydrogens is 398 g/mol. The lowest BCUT2D eigenvalue weighted by Gasteiger charge is -2.25. The number of amides is 1. The number of nitrogens with zero attached hydrogens (tertiary/aromatic N) is 1. The highest BCUT2D eigenvalue weighted by Crippen LogP contribution is 2.38. The van der Waals surface area contributed by atoms with Crippen LogP contribution in [0.5, 0.6) is 0 Å². The summed E-state index contributed by atoms with van der Waals surface area (Å²) in [5.74, 6) is 0.348. The molecule has 0 saturated heterocycles. The first-order valence-corrected chi connectivity index (χ1v) is 11.0. The van der Waals surface area contributed by atoms with E-state index in [-0.39, 0.29) is 17.1 Å². The van der Waals surface area contributed by atoms with Gasteiger partial charge in [0.2, 0.25) is 5.76 Å². The first-order valence-electron chi connectivity index (χ1n) is 11.0. The minimum Gasteiger partial charge on any atom is -0.450 e. The van der Waals surface area contributed by atoms with Crippen LogP contribution in [0.1, 0.15) is 58.6 Å². The van der Waals surface area contributed by atoms with Crippen LogP contribution in [-0.4, -0.2) is 17.4 Å². The first kappa shape index (κ1) is 20.3. The molecule has 4 heteroatoms. The summed E-state index contributed by atoms with van der Waals surface area (Å²) in [4.78, 5) is 28.8. The molecule has 1 aromatic heterocycles. The molecule has 2 heterocycles. The van der Waals surface area contributed by atoms with Crippen LogP contribution in [0.2, 0.25) is 0 Å². The zero-order valence-corrected chi connectivity index (χ0v) is 18.2. The van der Waals surface area contributed by atoms with Crippen molar-refractivity contribution in [2.45, 2.75) is 32.2 Å². The molecule has 160 valence electrons. The first-order chi connectivity index (χ1) is 15.5. The quantitative estimate of drug-likeness (QED) is 0.413. The van der Waals surface area contributed by atoms with Gasteiger partial charge in [0, 0.05) is 6.54 Å². The summed E-state index contributed by atoms with van der Waals surface area (Å²) in [7, 11) is 0.